The Labute approximate surface area is 233 Å². The molecule has 3 atom stereocenters. The van der Waals surface area contributed by atoms with Crippen molar-refractivity contribution in [2.45, 2.75) is 57.4 Å². The van der Waals surface area contributed by atoms with Crippen LogP contribution in [0.3, 0.4) is 0 Å². The summed E-state index contributed by atoms with van der Waals surface area (Å²) < 4.78 is 68.1. The number of aromatic nitrogens is 2. The highest BCUT2D eigenvalue weighted by molar-refractivity contribution is 5.77. The number of benzene rings is 1. The molecule has 2 heterocycles. The number of aryl methyl sites for hydroxylation is 1. The second kappa shape index (κ2) is 9.68. The quantitative estimate of drug-likeness (QED) is 0.334. The van der Waals surface area contributed by atoms with Gasteiger partial charge >= 0.3 is 12.1 Å². The smallest absolute Gasteiger partial charge is 0.417 e. The van der Waals surface area contributed by atoms with Gasteiger partial charge in [-0.3, -0.25) is 4.79 Å². The summed E-state index contributed by atoms with van der Waals surface area (Å²) in [5, 5.41) is 19.2. The van der Waals surface area contributed by atoms with E-state index >= 15 is 0 Å². The van der Waals surface area contributed by atoms with Crippen LogP contribution in [0, 0.1) is 30.5 Å². The first-order valence-corrected chi connectivity index (χ1v) is 13.4. The number of hydrogen-bond acceptors (Lipinski definition) is 6. The molecule has 3 aliphatic rings. The topological polar surface area (TPSA) is 102 Å². The molecule has 0 saturated heterocycles. The number of aliphatic carboxylic acids is 1. The summed E-state index contributed by atoms with van der Waals surface area (Å²) in [6.07, 6.45) is -1.45. The average Bonchev–Trinajstić information content (AvgIpc) is 3.47. The van der Waals surface area contributed by atoms with Crippen LogP contribution in [0.15, 0.2) is 36.5 Å². The maximum absolute atomic E-state index is 14.9. The molecule has 0 unspecified atom stereocenters. The summed E-state index contributed by atoms with van der Waals surface area (Å²) >= 11 is 0. The van der Waals surface area contributed by atoms with Gasteiger partial charge in [0.2, 0.25) is 11.8 Å². The van der Waals surface area contributed by atoms with E-state index in [4.69, 9.17) is 9.47 Å². The lowest BCUT2D eigenvalue weighted by Gasteiger charge is -2.40. The van der Waals surface area contributed by atoms with E-state index in [0.717, 1.165) is 17.2 Å². The zero-order chi connectivity index (χ0) is 29.3. The van der Waals surface area contributed by atoms with E-state index in [1.54, 1.807) is 26.1 Å². The van der Waals surface area contributed by atoms with Gasteiger partial charge in [0.15, 0.2) is 0 Å². The number of halogens is 4. The van der Waals surface area contributed by atoms with Gasteiger partial charge in [0.1, 0.15) is 12.4 Å². The van der Waals surface area contributed by atoms with Crippen LogP contribution in [0.25, 0.3) is 11.1 Å². The van der Waals surface area contributed by atoms with Crippen LogP contribution < -0.4 is 9.47 Å². The molecule has 11 heteroatoms. The van der Waals surface area contributed by atoms with E-state index < -0.39 is 35.0 Å². The predicted octanol–water partition coefficient (Wildman–Crippen LogP) is 5.70. The third kappa shape index (κ3) is 5.23. The van der Waals surface area contributed by atoms with Gasteiger partial charge in [-0.1, -0.05) is 0 Å². The summed E-state index contributed by atoms with van der Waals surface area (Å²) in [4.78, 5) is 19.9. The zero-order valence-electron chi connectivity index (χ0n) is 22.3. The molecule has 0 bridgehead atoms. The molecule has 0 radical (unpaired) electrons. The Morgan fingerprint density at radius 2 is 1.88 bits per heavy atom. The molecule has 2 fully saturated rings. The molecule has 0 amide bonds. The number of carbonyl (C=O) groups is 1. The van der Waals surface area contributed by atoms with Crippen molar-refractivity contribution >= 4 is 5.97 Å². The van der Waals surface area contributed by atoms with E-state index in [0.29, 0.717) is 31.9 Å². The van der Waals surface area contributed by atoms with Gasteiger partial charge in [-0.15, -0.1) is 0 Å². The van der Waals surface area contributed by atoms with Gasteiger partial charge in [0.25, 0.3) is 0 Å². The van der Waals surface area contributed by atoms with Crippen molar-refractivity contribution in [3.05, 3.63) is 70.3 Å². The van der Waals surface area contributed by atoms with Crippen molar-refractivity contribution in [3.8, 4) is 22.9 Å². The normalized spacial score (nSPS) is 26.1. The summed E-state index contributed by atoms with van der Waals surface area (Å²) in [6.45, 7) is 3.30. The molecule has 2 N–H and O–H groups in total. The Bertz CT molecular complexity index is 1530. The molecular formula is C30H28F4N2O5. The zero-order valence-corrected chi connectivity index (χ0v) is 22.3. The Morgan fingerprint density at radius 1 is 1.12 bits per heavy atom. The minimum absolute atomic E-state index is 0.0395. The molecule has 0 spiro atoms. The number of alkyl halides is 3. The molecule has 3 aliphatic carbocycles. The average molecular weight is 573 g/mol. The summed E-state index contributed by atoms with van der Waals surface area (Å²) in [7, 11) is 0. The fourth-order valence-corrected chi connectivity index (χ4v) is 6.43. The molecule has 2 saturated carbocycles. The van der Waals surface area contributed by atoms with Crippen molar-refractivity contribution in [1.29, 1.82) is 0 Å². The Hall–Kier alpha value is -3.73. The molecule has 3 aromatic rings. The molecule has 6 rings (SSSR count). The minimum Gasteiger partial charge on any atom is -0.481 e. The van der Waals surface area contributed by atoms with E-state index in [9.17, 15) is 32.6 Å². The minimum atomic E-state index is -4.81. The third-order valence-electron chi connectivity index (χ3n) is 8.41. The molecule has 0 aliphatic heterocycles. The predicted molar refractivity (Wildman–Crippen MR) is 138 cm³/mol. The van der Waals surface area contributed by atoms with E-state index in [1.165, 1.54) is 12.1 Å². The molecule has 1 aromatic carbocycles. The fourth-order valence-electron chi connectivity index (χ4n) is 6.43. The standard InChI is InChI=1S/C30H28F4N2O5/c1-14-18(3-4-24(36-14)40-12-15-9-29(2,39)10-15)19-6-17(23(31)8-22(19)30(32,33)34)13-41-25-7-16-5-20-26(21(16)11-35-25)27(20)28(37)38/h3-4,6-8,11,15,20,26-27,39H,5,9-10,12-13H2,1-2H3,(H,37,38)/t15-,20-,26-,27+,29+/m1/s1. The van der Waals surface area contributed by atoms with Crippen molar-refractivity contribution < 1.29 is 42.0 Å². The lowest BCUT2D eigenvalue weighted by molar-refractivity contribution is -0.139. The van der Waals surface area contributed by atoms with Gasteiger partial charge in [0.05, 0.1) is 23.7 Å². The summed E-state index contributed by atoms with van der Waals surface area (Å²) in [6, 6.07) is 6.22. The Morgan fingerprint density at radius 3 is 2.54 bits per heavy atom. The van der Waals surface area contributed by atoms with Crippen LogP contribution in [-0.2, 0) is 24.0 Å². The lowest BCUT2D eigenvalue weighted by Crippen LogP contribution is -2.43. The molecule has 7 nitrogen and oxygen atoms in total. The van der Waals surface area contributed by atoms with Crippen LogP contribution in [-0.4, -0.2) is 38.4 Å². The molecule has 41 heavy (non-hydrogen) atoms. The first kappa shape index (κ1) is 27.4. The highest BCUT2D eigenvalue weighted by atomic mass is 19.4. The number of hydrogen-bond donors (Lipinski definition) is 2. The Kier molecular flexibility index (Phi) is 6.48. The number of fused-ring (bicyclic) bond motifs is 3. The SMILES string of the molecule is Cc1nc(OC[C@H]2C[C@@](C)(O)C2)ccc1-c1cc(COc2cc3c(cn2)[C@H]2[C@@H](C3)[C@@H]2C(=O)O)c(F)cc1C(F)(F)F. The van der Waals surface area contributed by atoms with Crippen molar-refractivity contribution in [2.24, 2.45) is 17.8 Å². The van der Waals surface area contributed by atoms with E-state index in [2.05, 4.69) is 9.97 Å². The number of nitrogens with zero attached hydrogens (tertiary/aromatic N) is 2. The van der Waals surface area contributed by atoms with Gasteiger partial charge in [-0.25, -0.2) is 14.4 Å². The first-order valence-electron chi connectivity index (χ1n) is 13.4. The number of aliphatic hydroxyl groups is 1. The summed E-state index contributed by atoms with van der Waals surface area (Å²) in [5.74, 6) is -1.67. The number of carboxylic acid groups (broad SMARTS) is 1. The maximum atomic E-state index is 14.9. The number of carboxylic acids is 1. The highest BCUT2D eigenvalue weighted by Crippen LogP contribution is 2.61. The van der Waals surface area contributed by atoms with E-state index in [-0.39, 0.29) is 58.5 Å². The third-order valence-corrected chi connectivity index (χ3v) is 8.41. The number of rotatable bonds is 8. The van der Waals surface area contributed by atoms with Gasteiger partial charge in [0, 0.05) is 41.1 Å². The van der Waals surface area contributed by atoms with Crippen molar-refractivity contribution in [1.82, 2.24) is 9.97 Å². The number of pyridine rings is 2. The van der Waals surface area contributed by atoms with Crippen molar-refractivity contribution in [2.75, 3.05) is 6.61 Å². The molecule has 2 aromatic heterocycles. The highest BCUT2D eigenvalue weighted by Gasteiger charge is 2.60. The van der Waals surface area contributed by atoms with Gasteiger partial charge < -0.3 is 19.7 Å². The van der Waals surface area contributed by atoms with Crippen LogP contribution in [0.5, 0.6) is 11.8 Å². The second-order valence-electron chi connectivity index (χ2n) is 11.6. The van der Waals surface area contributed by atoms with Gasteiger partial charge in [-0.2, -0.15) is 13.2 Å². The van der Waals surface area contributed by atoms with Gasteiger partial charge in [-0.05, 0) is 79.8 Å². The second-order valence-corrected chi connectivity index (χ2v) is 11.6. The van der Waals surface area contributed by atoms with Crippen LogP contribution >= 0.6 is 0 Å². The first-order chi connectivity index (χ1) is 19.3. The largest absolute Gasteiger partial charge is 0.481 e. The Balaban J connectivity index is 1.21. The van der Waals surface area contributed by atoms with E-state index in [1.807, 2.05) is 0 Å². The van der Waals surface area contributed by atoms with Crippen molar-refractivity contribution in [3.63, 3.8) is 0 Å². The monoisotopic (exact) mass is 572 g/mol. The summed E-state index contributed by atoms with van der Waals surface area (Å²) in [5.41, 5.74) is 0.117. The van der Waals surface area contributed by atoms with Crippen LogP contribution in [0.2, 0.25) is 0 Å². The lowest BCUT2D eigenvalue weighted by atomic mass is 9.73. The molecule has 216 valence electrons. The fraction of sp³-hybridized carbons (Fsp3) is 0.433. The maximum Gasteiger partial charge on any atom is 0.417 e. The van der Waals surface area contributed by atoms with Crippen LogP contribution in [0.4, 0.5) is 17.6 Å². The van der Waals surface area contributed by atoms with Crippen LogP contribution in [0.1, 0.15) is 53.6 Å². The molecular weight excluding hydrogens is 544 g/mol. The number of ether oxygens (including phenoxy) is 2.